The molecule has 4 heteroatoms. The first-order chi connectivity index (χ1) is 10.7. The number of nitro benzene ring substituents is 1. The average molecular weight is 295 g/mol. The molecule has 0 saturated carbocycles. The lowest BCUT2D eigenvalue weighted by Gasteiger charge is -2.11. The minimum Gasteiger partial charge on any atom is -0.489 e. The van der Waals surface area contributed by atoms with Crippen LogP contribution in [0.15, 0.2) is 67.8 Å². The summed E-state index contributed by atoms with van der Waals surface area (Å²) < 4.78 is 5.62. The first kappa shape index (κ1) is 15.5. The molecule has 2 aromatic carbocycles. The van der Waals surface area contributed by atoms with Crippen molar-refractivity contribution >= 4 is 5.69 Å². The van der Waals surface area contributed by atoms with E-state index >= 15 is 0 Å². The van der Waals surface area contributed by atoms with Crippen LogP contribution in [0.2, 0.25) is 0 Å². The quantitative estimate of drug-likeness (QED) is 0.427. The molecule has 0 saturated heterocycles. The Morgan fingerprint density at radius 2 is 1.86 bits per heavy atom. The second-order valence-electron chi connectivity index (χ2n) is 4.72. The summed E-state index contributed by atoms with van der Waals surface area (Å²) in [5.74, 6) is 0.772. The van der Waals surface area contributed by atoms with Gasteiger partial charge in [-0.3, -0.25) is 10.1 Å². The first-order valence-corrected chi connectivity index (χ1v) is 6.88. The van der Waals surface area contributed by atoms with Gasteiger partial charge in [0.05, 0.1) is 4.92 Å². The van der Waals surface area contributed by atoms with Gasteiger partial charge in [-0.15, -0.1) is 6.58 Å². The molecule has 2 aromatic rings. The number of benzene rings is 2. The molecule has 0 atom stereocenters. The van der Waals surface area contributed by atoms with E-state index in [-0.39, 0.29) is 5.69 Å². The molecular weight excluding hydrogens is 278 g/mol. The number of ether oxygens (including phenoxy) is 1. The van der Waals surface area contributed by atoms with Gasteiger partial charge in [0.15, 0.2) is 0 Å². The van der Waals surface area contributed by atoms with E-state index in [1.165, 1.54) is 6.07 Å². The Balaban J connectivity index is 2.41. The van der Waals surface area contributed by atoms with Gasteiger partial charge in [0.25, 0.3) is 5.69 Å². The second kappa shape index (κ2) is 7.22. The highest BCUT2D eigenvalue weighted by molar-refractivity contribution is 5.68. The summed E-state index contributed by atoms with van der Waals surface area (Å²) in [7, 11) is 0. The van der Waals surface area contributed by atoms with Crippen LogP contribution in [0.3, 0.4) is 0 Å². The van der Waals surface area contributed by atoms with E-state index < -0.39 is 4.92 Å². The normalized spacial score (nSPS) is 10.0. The standard InChI is InChI=1S/C18H17NO3/c1-3-6-16-12-15(9-10-18(16)22-11-4-2)14-7-5-8-17(13-14)19(20)21/h3-5,7-10,12-13H,1-2,6,11H2. The van der Waals surface area contributed by atoms with Gasteiger partial charge in [0.1, 0.15) is 12.4 Å². The molecule has 0 heterocycles. The van der Waals surface area contributed by atoms with E-state index in [0.29, 0.717) is 13.0 Å². The summed E-state index contributed by atoms with van der Waals surface area (Å²) in [6.07, 6.45) is 4.15. The van der Waals surface area contributed by atoms with Crippen LogP contribution in [-0.4, -0.2) is 11.5 Å². The largest absolute Gasteiger partial charge is 0.489 e. The number of allylic oxidation sites excluding steroid dienone is 1. The van der Waals surface area contributed by atoms with E-state index in [4.69, 9.17) is 4.74 Å². The molecule has 0 amide bonds. The molecular formula is C18H17NO3. The van der Waals surface area contributed by atoms with E-state index in [0.717, 1.165) is 22.4 Å². The van der Waals surface area contributed by atoms with E-state index in [9.17, 15) is 10.1 Å². The summed E-state index contributed by atoms with van der Waals surface area (Å²) in [6.45, 7) is 7.82. The van der Waals surface area contributed by atoms with Crippen molar-refractivity contribution in [1.29, 1.82) is 0 Å². The van der Waals surface area contributed by atoms with Crippen molar-refractivity contribution < 1.29 is 9.66 Å². The fourth-order valence-corrected chi connectivity index (χ4v) is 2.16. The number of nitro groups is 1. The number of nitrogens with zero attached hydrogens (tertiary/aromatic N) is 1. The zero-order valence-corrected chi connectivity index (χ0v) is 12.2. The Morgan fingerprint density at radius 1 is 1.09 bits per heavy atom. The molecule has 0 aromatic heterocycles. The van der Waals surface area contributed by atoms with Crippen LogP contribution in [0.4, 0.5) is 5.69 Å². The summed E-state index contributed by atoms with van der Waals surface area (Å²) in [5.41, 5.74) is 2.77. The van der Waals surface area contributed by atoms with Crippen molar-refractivity contribution in [1.82, 2.24) is 0 Å². The van der Waals surface area contributed by atoms with E-state index in [2.05, 4.69) is 13.2 Å². The summed E-state index contributed by atoms with van der Waals surface area (Å²) >= 11 is 0. The highest BCUT2D eigenvalue weighted by Gasteiger charge is 2.09. The Hall–Kier alpha value is -2.88. The van der Waals surface area contributed by atoms with Gasteiger partial charge < -0.3 is 4.74 Å². The van der Waals surface area contributed by atoms with Crippen molar-refractivity contribution in [2.75, 3.05) is 6.61 Å². The zero-order chi connectivity index (χ0) is 15.9. The third kappa shape index (κ3) is 3.61. The fourth-order valence-electron chi connectivity index (χ4n) is 2.16. The molecule has 0 fully saturated rings. The van der Waals surface area contributed by atoms with Crippen LogP contribution in [0.1, 0.15) is 5.56 Å². The third-order valence-electron chi connectivity index (χ3n) is 3.17. The first-order valence-electron chi connectivity index (χ1n) is 6.88. The molecule has 22 heavy (non-hydrogen) atoms. The second-order valence-corrected chi connectivity index (χ2v) is 4.72. The molecule has 0 spiro atoms. The molecule has 0 aliphatic heterocycles. The average Bonchev–Trinajstić information content (AvgIpc) is 2.54. The monoisotopic (exact) mass is 295 g/mol. The Bertz CT molecular complexity index is 707. The third-order valence-corrected chi connectivity index (χ3v) is 3.17. The van der Waals surface area contributed by atoms with Gasteiger partial charge in [-0.05, 0) is 35.2 Å². The maximum absolute atomic E-state index is 10.9. The molecule has 112 valence electrons. The molecule has 2 rings (SSSR count). The highest BCUT2D eigenvalue weighted by atomic mass is 16.6. The van der Waals surface area contributed by atoms with E-state index in [1.54, 1.807) is 24.3 Å². The van der Waals surface area contributed by atoms with Crippen molar-refractivity contribution in [2.24, 2.45) is 0 Å². The molecule has 0 radical (unpaired) electrons. The maximum atomic E-state index is 10.9. The lowest BCUT2D eigenvalue weighted by molar-refractivity contribution is -0.384. The maximum Gasteiger partial charge on any atom is 0.270 e. The van der Waals surface area contributed by atoms with Crippen LogP contribution in [-0.2, 0) is 6.42 Å². The van der Waals surface area contributed by atoms with E-state index in [1.807, 2.05) is 24.3 Å². The Labute approximate surface area is 129 Å². The van der Waals surface area contributed by atoms with Gasteiger partial charge in [0, 0.05) is 12.1 Å². The van der Waals surface area contributed by atoms with Crippen LogP contribution < -0.4 is 4.74 Å². The highest BCUT2D eigenvalue weighted by Crippen LogP contribution is 2.29. The van der Waals surface area contributed by atoms with Gasteiger partial charge in [-0.2, -0.15) is 0 Å². The van der Waals surface area contributed by atoms with Gasteiger partial charge in [-0.1, -0.05) is 36.9 Å². The van der Waals surface area contributed by atoms with Crippen molar-refractivity contribution in [3.63, 3.8) is 0 Å². The SMILES string of the molecule is C=CCOc1ccc(-c2cccc([N+](=O)[O-])c2)cc1CC=C. The smallest absolute Gasteiger partial charge is 0.270 e. The number of hydrogen-bond donors (Lipinski definition) is 0. The molecule has 0 aliphatic carbocycles. The summed E-state index contributed by atoms with van der Waals surface area (Å²) in [5, 5.41) is 10.9. The Kier molecular flexibility index (Phi) is 5.09. The fraction of sp³-hybridized carbons (Fsp3) is 0.111. The lowest BCUT2D eigenvalue weighted by atomic mass is 10.0. The topological polar surface area (TPSA) is 52.4 Å². The Morgan fingerprint density at radius 3 is 2.55 bits per heavy atom. The van der Waals surface area contributed by atoms with Gasteiger partial charge in [-0.25, -0.2) is 0 Å². The minimum absolute atomic E-state index is 0.0785. The molecule has 0 bridgehead atoms. The minimum atomic E-state index is -0.393. The zero-order valence-electron chi connectivity index (χ0n) is 12.2. The van der Waals surface area contributed by atoms with Crippen LogP contribution in [0.25, 0.3) is 11.1 Å². The van der Waals surface area contributed by atoms with Gasteiger partial charge in [0.2, 0.25) is 0 Å². The van der Waals surface area contributed by atoms with Crippen LogP contribution in [0.5, 0.6) is 5.75 Å². The van der Waals surface area contributed by atoms with Crippen molar-refractivity contribution in [2.45, 2.75) is 6.42 Å². The lowest BCUT2D eigenvalue weighted by Crippen LogP contribution is -1.97. The predicted molar refractivity (Wildman–Crippen MR) is 88.1 cm³/mol. The van der Waals surface area contributed by atoms with Gasteiger partial charge >= 0.3 is 0 Å². The molecule has 4 nitrogen and oxygen atoms in total. The molecule has 0 unspecified atom stereocenters. The summed E-state index contributed by atoms with van der Waals surface area (Å²) in [4.78, 5) is 10.5. The number of non-ortho nitro benzene ring substituents is 1. The van der Waals surface area contributed by atoms with Crippen LogP contribution >= 0.6 is 0 Å². The summed E-state index contributed by atoms with van der Waals surface area (Å²) in [6, 6.07) is 12.3. The predicted octanol–water partition coefficient (Wildman–Crippen LogP) is 4.56. The molecule has 0 N–H and O–H groups in total. The number of rotatable bonds is 7. The van der Waals surface area contributed by atoms with Crippen LogP contribution in [0, 0.1) is 10.1 Å². The van der Waals surface area contributed by atoms with Crippen molar-refractivity contribution in [3.05, 3.63) is 83.5 Å². The molecule has 0 aliphatic rings. The van der Waals surface area contributed by atoms with Crippen molar-refractivity contribution in [3.8, 4) is 16.9 Å². The number of hydrogen-bond acceptors (Lipinski definition) is 3.